The number of carbonyl (C=O) groups is 1. The van der Waals surface area contributed by atoms with Gasteiger partial charge >= 0.3 is 6.09 Å². The van der Waals surface area contributed by atoms with Crippen LogP contribution in [-0.4, -0.2) is 39.9 Å². The quantitative estimate of drug-likeness (QED) is 0.465. The van der Waals surface area contributed by atoms with E-state index >= 15 is 0 Å². The fourth-order valence-electron chi connectivity index (χ4n) is 0.555. The Morgan fingerprint density at radius 1 is 1.53 bits per heavy atom. The van der Waals surface area contributed by atoms with Crippen LogP contribution in [0.1, 0.15) is 0 Å². The molecule has 0 aromatic rings. The Kier molecular flexibility index (Phi) is 9.04. The normalized spacial score (nSPS) is 10.9. The summed E-state index contributed by atoms with van der Waals surface area (Å²) in [6.45, 7) is 0.225. The molecule has 1 amide bonds. The van der Waals surface area contributed by atoms with Gasteiger partial charge in [0.1, 0.15) is 6.61 Å². The minimum absolute atomic E-state index is 0.267. The molecule has 0 saturated carbocycles. The highest BCUT2D eigenvalue weighted by Gasteiger charge is 2.21. The minimum atomic E-state index is -1.57. The average Bonchev–Trinajstić information content (AvgIpc) is 2.13. The van der Waals surface area contributed by atoms with Crippen molar-refractivity contribution in [3.05, 3.63) is 0 Å². The molecule has 0 aromatic carbocycles. The Labute approximate surface area is 113 Å². The lowest BCUT2D eigenvalue weighted by Gasteiger charge is -2.11. The fourth-order valence-corrected chi connectivity index (χ4v) is 1.52. The highest BCUT2D eigenvalue weighted by molar-refractivity contribution is 8.00. The first-order valence-electron chi connectivity index (χ1n) is 3.94. The maximum absolute atomic E-state index is 11.0. The predicted octanol–water partition coefficient (Wildman–Crippen LogP) is 2.82. The second kappa shape index (κ2) is 8.70. The van der Waals surface area contributed by atoms with Crippen LogP contribution in [0.3, 0.4) is 0 Å². The van der Waals surface area contributed by atoms with Crippen LogP contribution in [0.25, 0.3) is 0 Å². The topological polar surface area (TPSA) is 38.3 Å². The second-order valence-electron chi connectivity index (χ2n) is 2.36. The Morgan fingerprint density at radius 2 is 2.20 bits per heavy atom. The Hall–Kier alpha value is 0.580. The summed E-state index contributed by atoms with van der Waals surface area (Å²) < 4.78 is 3.06. The minimum Gasteiger partial charge on any atom is -0.445 e. The zero-order valence-electron chi connectivity index (χ0n) is 7.67. The molecule has 0 spiro atoms. The fraction of sp³-hybridized carbons (Fsp3) is 0.714. The molecule has 0 fully saturated rings. The van der Waals surface area contributed by atoms with Crippen LogP contribution in [-0.2, 0) is 4.74 Å². The van der Waals surface area contributed by atoms with Crippen LogP contribution >= 0.6 is 58.8 Å². The van der Waals surface area contributed by atoms with Gasteiger partial charge in [0, 0.05) is 18.1 Å². The molecule has 0 saturated heterocycles. The number of alkyl halides is 3. The smallest absolute Gasteiger partial charge is 0.407 e. The van der Waals surface area contributed by atoms with E-state index in [1.807, 2.05) is 0 Å². The van der Waals surface area contributed by atoms with Crippen molar-refractivity contribution in [1.82, 2.24) is 5.32 Å². The molecule has 15 heavy (non-hydrogen) atoms. The lowest BCUT2D eigenvalue weighted by atomic mass is 10.7. The Bertz CT molecular complexity index is 211. The first-order chi connectivity index (χ1) is 6.95. The zero-order chi connectivity index (χ0) is 11.7. The monoisotopic (exact) mass is 309 g/mol. The van der Waals surface area contributed by atoms with E-state index in [-0.39, 0.29) is 6.61 Å². The van der Waals surface area contributed by atoms with Gasteiger partial charge in [0.25, 0.3) is 0 Å². The van der Waals surface area contributed by atoms with Crippen LogP contribution in [0, 0.1) is 0 Å². The second-order valence-corrected chi connectivity index (χ2v) is 6.36. The van der Waals surface area contributed by atoms with Gasteiger partial charge in [0.05, 0.1) is 0 Å². The summed E-state index contributed by atoms with van der Waals surface area (Å²) in [5, 5.41) is 4.14. The third-order valence-corrected chi connectivity index (χ3v) is 2.67. The average molecular weight is 311 g/mol. The summed E-state index contributed by atoms with van der Waals surface area (Å²) in [5.74, 6) is 1.54. The van der Waals surface area contributed by atoms with Crippen molar-refractivity contribution in [3.8, 4) is 0 Å². The SMILES string of the molecule is O=C(NCCSCC=S)OCC(Cl)(Cl)Cl. The molecule has 0 rings (SSSR count). The molecular formula is C7H10Cl3NO2S2. The van der Waals surface area contributed by atoms with Gasteiger partial charge in [-0.05, 0) is 5.37 Å². The Balaban J connectivity index is 3.38. The van der Waals surface area contributed by atoms with E-state index in [0.29, 0.717) is 6.54 Å². The number of ether oxygens (including phenoxy) is 1. The van der Waals surface area contributed by atoms with Crippen molar-refractivity contribution in [2.24, 2.45) is 0 Å². The van der Waals surface area contributed by atoms with E-state index in [1.165, 1.54) is 0 Å². The molecule has 0 bridgehead atoms. The van der Waals surface area contributed by atoms with Crippen molar-refractivity contribution in [1.29, 1.82) is 0 Å². The van der Waals surface area contributed by atoms with Gasteiger partial charge in [0.2, 0.25) is 3.79 Å². The number of halogens is 3. The number of alkyl carbamates (subject to hydrolysis) is 1. The molecular weight excluding hydrogens is 301 g/mol. The summed E-state index contributed by atoms with van der Waals surface area (Å²) in [4.78, 5) is 11.0. The highest BCUT2D eigenvalue weighted by Crippen LogP contribution is 2.25. The number of amides is 1. The van der Waals surface area contributed by atoms with Gasteiger partial charge < -0.3 is 10.1 Å². The summed E-state index contributed by atoms with van der Waals surface area (Å²) in [6, 6.07) is 0. The van der Waals surface area contributed by atoms with Gasteiger partial charge in [-0.3, -0.25) is 0 Å². The number of carbonyl (C=O) groups excluding carboxylic acids is 1. The molecule has 0 radical (unpaired) electrons. The number of thiocarbonyl (C=S) groups is 1. The van der Waals surface area contributed by atoms with E-state index in [2.05, 4.69) is 22.3 Å². The maximum Gasteiger partial charge on any atom is 0.407 e. The number of nitrogens with one attached hydrogen (secondary N) is 1. The molecule has 1 N–H and O–H groups in total. The van der Waals surface area contributed by atoms with E-state index < -0.39 is 9.89 Å². The van der Waals surface area contributed by atoms with Crippen molar-refractivity contribution >= 4 is 70.2 Å². The number of thioether (sulfide) groups is 1. The Morgan fingerprint density at radius 3 is 2.73 bits per heavy atom. The number of hydrogen-bond donors (Lipinski definition) is 1. The summed E-state index contributed by atoms with van der Waals surface area (Å²) in [5.41, 5.74) is 0. The highest BCUT2D eigenvalue weighted by atomic mass is 35.6. The molecule has 0 unspecified atom stereocenters. The van der Waals surface area contributed by atoms with E-state index in [4.69, 9.17) is 34.8 Å². The van der Waals surface area contributed by atoms with E-state index in [1.54, 1.807) is 17.1 Å². The van der Waals surface area contributed by atoms with Gasteiger partial charge in [-0.15, -0.1) is 0 Å². The molecule has 0 atom stereocenters. The van der Waals surface area contributed by atoms with E-state index in [0.717, 1.165) is 11.5 Å². The third kappa shape index (κ3) is 12.5. The molecule has 0 aliphatic heterocycles. The third-order valence-electron chi connectivity index (χ3n) is 1.07. The molecule has 0 heterocycles. The summed E-state index contributed by atoms with van der Waals surface area (Å²) in [6.07, 6.45) is -0.593. The number of rotatable bonds is 6. The van der Waals surface area contributed by atoms with Crippen molar-refractivity contribution < 1.29 is 9.53 Å². The standard InChI is InChI=1S/C7H10Cl3NO2S2/c8-7(9,10)5-13-6(12)11-1-3-15-4-2-14/h2H,1,3-5H2,(H,11,12). The molecule has 88 valence electrons. The van der Waals surface area contributed by atoms with Gasteiger partial charge in [-0.25, -0.2) is 4.79 Å². The van der Waals surface area contributed by atoms with Gasteiger partial charge in [0.15, 0.2) is 0 Å². The molecule has 0 aliphatic carbocycles. The maximum atomic E-state index is 11.0. The van der Waals surface area contributed by atoms with Crippen molar-refractivity contribution in [2.75, 3.05) is 24.7 Å². The van der Waals surface area contributed by atoms with Crippen LogP contribution in [0.2, 0.25) is 0 Å². The molecule has 0 aliphatic rings. The predicted molar refractivity (Wildman–Crippen MR) is 70.6 cm³/mol. The van der Waals surface area contributed by atoms with E-state index in [9.17, 15) is 4.79 Å². The first-order valence-corrected chi connectivity index (χ1v) is 6.70. The molecule has 0 aromatic heterocycles. The summed E-state index contributed by atoms with van der Waals surface area (Å²) in [7, 11) is 0. The van der Waals surface area contributed by atoms with Gasteiger partial charge in [-0.1, -0.05) is 47.0 Å². The number of hydrogen-bond acceptors (Lipinski definition) is 4. The van der Waals surface area contributed by atoms with Crippen LogP contribution in [0.15, 0.2) is 0 Å². The zero-order valence-corrected chi connectivity index (χ0v) is 11.6. The largest absolute Gasteiger partial charge is 0.445 e. The van der Waals surface area contributed by atoms with Crippen LogP contribution in [0.4, 0.5) is 4.79 Å². The lowest BCUT2D eigenvalue weighted by Crippen LogP contribution is -2.29. The lowest BCUT2D eigenvalue weighted by molar-refractivity contribution is 0.149. The van der Waals surface area contributed by atoms with Crippen LogP contribution < -0.4 is 5.32 Å². The van der Waals surface area contributed by atoms with Crippen molar-refractivity contribution in [3.63, 3.8) is 0 Å². The van der Waals surface area contributed by atoms with Crippen molar-refractivity contribution in [2.45, 2.75) is 3.79 Å². The first kappa shape index (κ1) is 15.6. The van der Waals surface area contributed by atoms with Gasteiger partial charge in [-0.2, -0.15) is 11.8 Å². The van der Waals surface area contributed by atoms with Crippen LogP contribution in [0.5, 0.6) is 0 Å². The molecule has 3 nitrogen and oxygen atoms in total. The molecule has 8 heteroatoms. The summed E-state index contributed by atoms with van der Waals surface area (Å²) >= 11 is 22.4.